The van der Waals surface area contributed by atoms with Crippen LogP contribution in [-0.4, -0.2) is 47.7 Å². The van der Waals surface area contributed by atoms with Gasteiger partial charge < -0.3 is 14.7 Å². The van der Waals surface area contributed by atoms with Crippen molar-refractivity contribution in [1.82, 2.24) is 9.88 Å². The van der Waals surface area contributed by atoms with Crippen molar-refractivity contribution < 1.29 is 23.4 Å². The number of piperidine rings is 1. The summed E-state index contributed by atoms with van der Waals surface area (Å²) >= 11 is 0. The molecule has 1 aliphatic heterocycles. The number of ether oxygens (including phenoxy) is 1. The number of likely N-dealkylation sites (tertiary alicyclic amines) is 1. The van der Waals surface area contributed by atoms with E-state index in [4.69, 9.17) is 4.74 Å². The van der Waals surface area contributed by atoms with Gasteiger partial charge >= 0.3 is 5.97 Å². The van der Waals surface area contributed by atoms with Gasteiger partial charge in [-0.2, -0.15) is 0 Å². The van der Waals surface area contributed by atoms with Crippen LogP contribution in [-0.2, 0) is 11.2 Å². The van der Waals surface area contributed by atoms with E-state index in [9.17, 15) is 14.3 Å². The maximum Gasteiger partial charge on any atom is 0.308 e. The molecule has 35 heavy (non-hydrogen) atoms. The maximum absolute atomic E-state index is 15.4. The number of benzene rings is 2. The number of rotatable bonds is 10. The Balaban J connectivity index is 1.32. The second kappa shape index (κ2) is 11.6. The minimum absolute atomic E-state index is 0.0539. The predicted molar refractivity (Wildman–Crippen MR) is 132 cm³/mol. The largest absolute Gasteiger partial charge is 0.497 e. The summed E-state index contributed by atoms with van der Waals surface area (Å²) < 4.78 is 33.7. The maximum atomic E-state index is 15.4. The van der Waals surface area contributed by atoms with E-state index in [0.717, 1.165) is 43.3 Å². The van der Waals surface area contributed by atoms with E-state index in [1.165, 1.54) is 12.1 Å². The van der Waals surface area contributed by atoms with Gasteiger partial charge in [0.05, 0.1) is 18.5 Å². The molecular weight excluding hydrogens is 450 g/mol. The molecule has 2 heterocycles. The molecule has 0 spiro atoms. The standard InChI is InChI=1S/C28H32F2N2O3/c1-35-22-9-11-27-24(17-22)23(12-14-31-27)26(30)10-6-20-13-16-32(18-25(20)28(33)34)15-2-3-19-4-7-21(29)8-5-19/h4-5,7-9,11-12,14,17,20,25-26H,2-3,6,10,13,15-16,18H2,1H3,(H,33,34)/t20-,25+,26?/m1/s1. The average molecular weight is 483 g/mol. The summed E-state index contributed by atoms with van der Waals surface area (Å²) in [7, 11) is 1.57. The number of hydrogen-bond donors (Lipinski definition) is 1. The molecule has 3 atom stereocenters. The van der Waals surface area contributed by atoms with E-state index in [1.54, 1.807) is 43.6 Å². The first-order valence-corrected chi connectivity index (χ1v) is 12.2. The van der Waals surface area contributed by atoms with Crippen LogP contribution in [0.15, 0.2) is 54.7 Å². The van der Waals surface area contributed by atoms with Gasteiger partial charge in [-0.05, 0) is 98.6 Å². The fourth-order valence-electron chi connectivity index (χ4n) is 5.12. The Bertz CT molecular complexity index is 1140. The van der Waals surface area contributed by atoms with Crippen LogP contribution >= 0.6 is 0 Å². The van der Waals surface area contributed by atoms with E-state index in [1.807, 2.05) is 6.07 Å². The third kappa shape index (κ3) is 6.34. The van der Waals surface area contributed by atoms with Gasteiger partial charge in [0, 0.05) is 18.1 Å². The molecule has 0 amide bonds. The van der Waals surface area contributed by atoms with E-state index < -0.39 is 18.1 Å². The van der Waals surface area contributed by atoms with Crippen LogP contribution in [0.1, 0.15) is 43.0 Å². The van der Waals surface area contributed by atoms with Crippen molar-refractivity contribution in [2.45, 2.75) is 38.3 Å². The predicted octanol–water partition coefficient (Wildman–Crippen LogP) is 5.83. The van der Waals surface area contributed by atoms with Crippen molar-refractivity contribution in [3.8, 4) is 5.75 Å². The Morgan fingerprint density at radius 3 is 2.77 bits per heavy atom. The van der Waals surface area contributed by atoms with Crippen LogP contribution < -0.4 is 4.74 Å². The number of methoxy groups -OCH3 is 1. The topological polar surface area (TPSA) is 62.7 Å². The summed E-state index contributed by atoms with van der Waals surface area (Å²) in [6, 6.07) is 13.6. The molecule has 1 N–H and O–H groups in total. The summed E-state index contributed by atoms with van der Waals surface area (Å²) in [5, 5.41) is 10.6. The Hall–Kier alpha value is -3.06. The van der Waals surface area contributed by atoms with Gasteiger partial charge in [0.25, 0.3) is 0 Å². The van der Waals surface area contributed by atoms with Crippen LogP contribution in [0.4, 0.5) is 8.78 Å². The lowest BCUT2D eigenvalue weighted by Gasteiger charge is -2.37. The number of fused-ring (bicyclic) bond motifs is 1. The fraction of sp³-hybridized carbons (Fsp3) is 0.429. The van der Waals surface area contributed by atoms with Crippen molar-refractivity contribution in [2.24, 2.45) is 11.8 Å². The number of halogens is 2. The molecule has 0 saturated carbocycles. The number of aromatic nitrogens is 1. The number of aryl methyl sites for hydroxylation is 1. The Kier molecular flexibility index (Phi) is 8.29. The van der Waals surface area contributed by atoms with Crippen LogP contribution in [0, 0.1) is 17.7 Å². The molecular formula is C28H32F2N2O3. The molecule has 0 aliphatic carbocycles. The second-order valence-electron chi connectivity index (χ2n) is 9.35. The van der Waals surface area contributed by atoms with Crippen molar-refractivity contribution in [3.63, 3.8) is 0 Å². The zero-order valence-electron chi connectivity index (χ0n) is 20.0. The molecule has 186 valence electrons. The summed E-state index contributed by atoms with van der Waals surface area (Å²) in [4.78, 5) is 18.5. The van der Waals surface area contributed by atoms with Gasteiger partial charge in [0.1, 0.15) is 17.7 Å². The molecule has 3 aromatic rings. The molecule has 1 saturated heterocycles. The summed E-state index contributed by atoms with van der Waals surface area (Å²) in [6.07, 6.45) is 3.66. The van der Waals surface area contributed by atoms with Gasteiger partial charge in [0.2, 0.25) is 0 Å². The molecule has 1 aromatic heterocycles. The lowest BCUT2D eigenvalue weighted by atomic mass is 9.81. The summed E-state index contributed by atoms with van der Waals surface area (Å²) in [6.45, 7) is 2.09. The molecule has 1 aliphatic rings. The highest BCUT2D eigenvalue weighted by molar-refractivity contribution is 5.83. The number of carboxylic acids is 1. The highest BCUT2D eigenvalue weighted by Gasteiger charge is 2.34. The smallest absolute Gasteiger partial charge is 0.308 e. The number of carboxylic acid groups (broad SMARTS) is 1. The second-order valence-corrected chi connectivity index (χ2v) is 9.35. The Morgan fingerprint density at radius 1 is 1.23 bits per heavy atom. The quantitative estimate of drug-likeness (QED) is 0.394. The first-order chi connectivity index (χ1) is 16.9. The minimum Gasteiger partial charge on any atom is -0.497 e. The minimum atomic E-state index is -1.20. The third-order valence-corrected chi connectivity index (χ3v) is 7.12. The number of pyridine rings is 1. The average Bonchev–Trinajstić information content (AvgIpc) is 2.88. The lowest BCUT2D eigenvalue weighted by molar-refractivity contribution is -0.146. The zero-order chi connectivity index (χ0) is 24.8. The number of nitrogens with zero attached hydrogens (tertiary/aromatic N) is 2. The molecule has 0 radical (unpaired) electrons. The van der Waals surface area contributed by atoms with Crippen molar-refractivity contribution in [2.75, 3.05) is 26.7 Å². The lowest BCUT2D eigenvalue weighted by Crippen LogP contribution is -2.44. The van der Waals surface area contributed by atoms with Gasteiger partial charge in [-0.15, -0.1) is 0 Å². The van der Waals surface area contributed by atoms with Crippen molar-refractivity contribution >= 4 is 16.9 Å². The van der Waals surface area contributed by atoms with E-state index in [0.29, 0.717) is 29.8 Å². The fourth-order valence-corrected chi connectivity index (χ4v) is 5.12. The zero-order valence-corrected chi connectivity index (χ0v) is 20.0. The van der Waals surface area contributed by atoms with E-state index in [-0.39, 0.29) is 18.2 Å². The van der Waals surface area contributed by atoms with Gasteiger partial charge in [-0.25, -0.2) is 8.78 Å². The number of carbonyl (C=O) groups is 1. The Morgan fingerprint density at radius 2 is 2.03 bits per heavy atom. The highest BCUT2D eigenvalue weighted by atomic mass is 19.1. The van der Waals surface area contributed by atoms with Crippen LogP contribution in [0.5, 0.6) is 5.75 Å². The van der Waals surface area contributed by atoms with Crippen LogP contribution in [0.2, 0.25) is 0 Å². The highest BCUT2D eigenvalue weighted by Crippen LogP contribution is 2.35. The normalized spacial score (nSPS) is 19.5. The summed E-state index contributed by atoms with van der Waals surface area (Å²) in [5.41, 5.74) is 2.36. The first-order valence-electron chi connectivity index (χ1n) is 12.2. The molecule has 1 unspecified atom stereocenters. The molecule has 0 bridgehead atoms. The molecule has 7 heteroatoms. The molecule has 5 nitrogen and oxygen atoms in total. The summed E-state index contributed by atoms with van der Waals surface area (Å²) in [5.74, 6) is -0.963. The molecule has 2 aromatic carbocycles. The first kappa shape index (κ1) is 25.0. The number of hydrogen-bond acceptors (Lipinski definition) is 4. The molecule has 1 fully saturated rings. The molecule has 4 rings (SSSR count). The third-order valence-electron chi connectivity index (χ3n) is 7.12. The van der Waals surface area contributed by atoms with Crippen LogP contribution in [0.3, 0.4) is 0 Å². The van der Waals surface area contributed by atoms with Gasteiger partial charge in [-0.3, -0.25) is 9.78 Å². The van der Waals surface area contributed by atoms with Crippen molar-refractivity contribution in [3.05, 3.63) is 71.7 Å². The Labute approximate surface area is 204 Å². The van der Waals surface area contributed by atoms with Crippen LogP contribution in [0.25, 0.3) is 10.9 Å². The van der Waals surface area contributed by atoms with Gasteiger partial charge in [-0.1, -0.05) is 12.1 Å². The van der Waals surface area contributed by atoms with Crippen molar-refractivity contribution in [1.29, 1.82) is 0 Å². The van der Waals surface area contributed by atoms with Gasteiger partial charge in [0.15, 0.2) is 0 Å². The van der Waals surface area contributed by atoms with E-state index >= 15 is 4.39 Å². The SMILES string of the molecule is COc1ccc2nccc(C(F)CC[C@@H]3CCN(CCCc4ccc(F)cc4)C[C@@H]3C(=O)O)c2c1. The number of alkyl halides is 1. The number of aliphatic carboxylic acids is 1. The monoisotopic (exact) mass is 482 g/mol. The van der Waals surface area contributed by atoms with E-state index in [2.05, 4.69) is 9.88 Å².